The number of aromatic nitrogens is 2. The van der Waals surface area contributed by atoms with Gasteiger partial charge in [0.1, 0.15) is 17.4 Å². The van der Waals surface area contributed by atoms with E-state index in [9.17, 15) is 4.39 Å². The van der Waals surface area contributed by atoms with Crippen LogP contribution in [0.5, 0.6) is 0 Å². The summed E-state index contributed by atoms with van der Waals surface area (Å²) in [4.78, 5) is 4.18. The monoisotopic (exact) mass is 286 g/mol. The maximum Gasteiger partial charge on any atom is 0.205 e. The van der Waals surface area contributed by atoms with Crippen LogP contribution in [-0.4, -0.2) is 9.55 Å². The lowest BCUT2D eigenvalue weighted by atomic mass is 10.1. The third-order valence-corrected chi connectivity index (χ3v) is 3.22. The van der Waals surface area contributed by atoms with Crippen molar-refractivity contribution >= 4 is 28.6 Å². The van der Waals surface area contributed by atoms with E-state index in [2.05, 4.69) is 4.98 Å². The van der Waals surface area contributed by atoms with Gasteiger partial charge in [0.05, 0.1) is 16.7 Å². The van der Waals surface area contributed by atoms with Gasteiger partial charge in [0.15, 0.2) is 0 Å². The maximum absolute atomic E-state index is 13.7. The molecule has 0 saturated heterocycles. The van der Waals surface area contributed by atoms with Gasteiger partial charge in [0.2, 0.25) is 5.95 Å². The number of fused-ring (bicyclic) bond motifs is 1. The lowest BCUT2D eigenvalue weighted by molar-refractivity contribution is 0.623. The van der Waals surface area contributed by atoms with Gasteiger partial charge in [-0.15, -0.1) is 0 Å². The molecule has 0 aliphatic rings. The Hall–Kier alpha value is -2.58. The Morgan fingerprint density at radius 3 is 2.85 bits per heavy atom. The zero-order valence-corrected chi connectivity index (χ0v) is 10.9. The van der Waals surface area contributed by atoms with Crippen LogP contribution < -0.4 is 5.73 Å². The van der Waals surface area contributed by atoms with Crippen molar-refractivity contribution < 1.29 is 4.39 Å². The van der Waals surface area contributed by atoms with E-state index in [-0.39, 0.29) is 11.5 Å². The number of rotatable bonds is 1. The molecule has 0 fully saturated rings. The molecule has 0 aliphatic heterocycles. The third-order valence-electron chi connectivity index (χ3n) is 2.99. The highest BCUT2D eigenvalue weighted by Crippen LogP contribution is 2.27. The zero-order chi connectivity index (χ0) is 14.3. The van der Waals surface area contributed by atoms with Crippen LogP contribution in [0.1, 0.15) is 5.56 Å². The fraction of sp³-hybridized carbons (Fsp3) is 0. The number of nitrogens with zero attached hydrogens (tertiary/aromatic N) is 3. The summed E-state index contributed by atoms with van der Waals surface area (Å²) < 4.78 is 15.3. The number of nitriles is 1. The molecule has 0 unspecified atom stereocenters. The molecular weight excluding hydrogens is 279 g/mol. The summed E-state index contributed by atoms with van der Waals surface area (Å²) in [6.07, 6.45) is 0. The topological polar surface area (TPSA) is 67.6 Å². The average molecular weight is 287 g/mol. The molecule has 0 aliphatic carbocycles. The van der Waals surface area contributed by atoms with Gasteiger partial charge in [-0.05, 0) is 30.3 Å². The molecule has 0 atom stereocenters. The van der Waals surface area contributed by atoms with Crippen LogP contribution >= 0.6 is 11.6 Å². The van der Waals surface area contributed by atoms with Gasteiger partial charge in [-0.1, -0.05) is 17.7 Å². The lowest BCUT2D eigenvalue weighted by Crippen LogP contribution is -2.04. The molecule has 0 spiro atoms. The predicted molar refractivity (Wildman–Crippen MR) is 75.2 cm³/mol. The second kappa shape index (κ2) is 4.51. The fourth-order valence-corrected chi connectivity index (χ4v) is 2.30. The van der Waals surface area contributed by atoms with Gasteiger partial charge in [-0.25, -0.2) is 9.37 Å². The van der Waals surface area contributed by atoms with Crippen molar-refractivity contribution in [2.45, 2.75) is 0 Å². The third kappa shape index (κ3) is 1.78. The van der Waals surface area contributed by atoms with E-state index >= 15 is 0 Å². The number of benzene rings is 2. The maximum atomic E-state index is 13.7. The van der Waals surface area contributed by atoms with Crippen LogP contribution in [0, 0.1) is 17.1 Å². The smallest absolute Gasteiger partial charge is 0.205 e. The first-order valence-corrected chi connectivity index (χ1v) is 6.12. The number of halogens is 2. The van der Waals surface area contributed by atoms with Crippen molar-refractivity contribution in [2.75, 3.05) is 5.73 Å². The molecule has 0 radical (unpaired) electrons. The second-order valence-electron chi connectivity index (χ2n) is 4.18. The minimum absolute atomic E-state index is 0.0755. The number of hydrogen-bond acceptors (Lipinski definition) is 3. The predicted octanol–water partition coefficient (Wildman–Crippen LogP) is 3.27. The van der Waals surface area contributed by atoms with Crippen LogP contribution in [0.25, 0.3) is 16.7 Å². The standard InChI is InChI=1S/C14H8ClFN4/c15-8-4-5-13-11(6-8)19-14(18)20(13)12-3-1-2-10(16)9(12)7-17/h1-6H,(H2,18,19). The number of hydrogen-bond donors (Lipinski definition) is 1. The SMILES string of the molecule is N#Cc1c(F)cccc1-n1c(N)nc2cc(Cl)ccc21. The Balaban J connectivity index is 2.39. The summed E-state index contributed by atoms with van der Waals surface area (Å²) in [6, 6.07) is 11.3. The van der Waals surface area contributed by atoms with Crippen molar-refractivity contribution in [2.24, 2.45) is 0 Å². The van der Waals surface area contributed by atoms with E-state index in [4.69, 9.17) is 22.6 Å². The summed E-state index contributed by atoms with van der Waals surface area (Å²) in [7, 11) is 0. The summed E-state index contributed by atoms with van der Waals surface area (Å²) >= 11 is 5.91. The molecule has 0 bridgehead atoms. The molecule has 0 saturated carbocycles. The van der Waals surface area contributed by atoms with Gasteiger partial charge in [0, 0.05) is 5.02 Å². The van der Waals surface area contributed by atoms with Crippen LogP contribution in [0.15, 0.2) is 36.4 Å². The average Bonchev–Trinajstić information content (AvgIpc) is 2.73. The molecule has 2 N–H and O–H groups in total. The molecule has 6 heteroatoms. The van der Waals surface area contributed by atoms with Gasteiger partial charge < -0.3 is 5.73 Å². The quantitative estimate of drug-likeness (QED) is 0.746. The lowest BCUT2D eigenvalue weighted by Gasteiger charge is -2.08. The van der Waals surface area contributed by atoms with Gasteiger partial charge in [0.25, 0.3) is 0 Å². The Kier molecular flexibility index (Phi) is 2.81. The first kappa shape index (κ1) is 12.5. The Morgan fingerprint density at radius 1 is 1.30 bits per heavy atom. The van der Waals surface area contributed by atoms with E-state index in [1.54, 1.807) is 24.3 Å². The molecule has 1 heterocycles. The second-order valence-corrected chi connectivity index (χ2v) is 4.62. The van der Waals surface area contributed by atoms with E-state index in [0.29, 0.717) is 21.7 Å². The summed E-state index contributed by atoms with van der Waals surface area (Å²) in [5.74, 6) is -0.426. The van der Waals surface area contributed by atoms with Gasteiger partial charge in [-0.3, -0.25) is 4.57 Å². The first-order valence-electron chi connectivity index (χ1n) is 5.74. The molecule has 4 nitrogen and oxygen atoms in total. The van der Waals surface area contributed by atoms with Crippen LogP contribution in [0.2, 0.25) is 5.02 Å². The minimum Gasteiger partial charge on any atom is -0.369 e. The Bertz CT molecular complexity index is 863. The van der Waals surface area contributed by atoms with Gasteiger partial charge >= 0.3 is 0 Å². The van der Waals surface area contributed by atoms with Crippen molar-refractivity contribution in [1.29, 1.82) is 5.26 Å². The molecule has 3 aromatic rings. The first-order chi connectivity index (χ1) is 9.61. The van der Waals surface area contributed by atoms with Crippen molar-refractivity contribution in [1.82, 2.24) is 9.55 Å². The van der Waals surface area contributed by atoms with Crippen LogP contribution in [0.3, 0.4) is 0 Å². The fourth-order valence-electron chi connectivity index (χ4n) is 2.13. The molecular formula is C14H8ClFN4. The van der Waals surface area contributed by atoms with Crippen LogP contribution in [0.4, 0.5) is 10.3 Å². The van der Waals surface area contributed by atoms with E-state index in [1.165, 1.54) is 16.7 Å². The van der Waals surface area contributed by atoms with Crippen LogP contribution in [-0.2, 0) is 0 Å². The molecule has 0 amide bonds. The number of nitrogen functional groups attached to an aromatic ring is 1. The highest BCUT2D eigenvalue weighted by atomic mass is 35.5. The Morgan fingerprint density at radius 2 is 2.10 bits per heavy atom. The van der Waals surface area contributed by atoms with Gasteiger partial charge in [-0.2, -0.15) is 5.26 Å². The number of nitrogens with two attached hydrogens (primary N) is 1. The highest BCUT2D eigenvalue weighted by molar-refractivity contribution is 6.31. The van der Waals surface area contributed by atoms with Crippen molar-refractivity contribution in [3.63, 3.8) is 0 Å². The Labute approximate surface area is 118 Å². The molecule has 1 aromatic heterocycles. The number of imidazole rings is 1. The minimum atomic E-state index is -0.597. The van der Waals surface area contributed by atoms with E-state index < -0.39 is 5.82 Å². The largest absolute Gasteiger partial charge is 0.369 e. The van der Waals surface area contributed by atoms with E-state index in [0.717, 1.165) is 0 Å². The zero-order valence-electron chi connectivity index (χ0n) is 10.1. The summed E-state index contributed by atoms with van der Waals surface area (Å²) in [6.45, 7) is 0. The summed E-state index contributed by atoms with van der Waals surface area (Å²) in [5, 5.41) is 9.65. The van der Waals surface area contributed by atoms with Crippen molar-refractivity contribution in [3.05, 3.63) is 52.8 Å². The normalized spacial score (nSPS) is 10.7. The molecule has 2 aromatic carbocycles. The van der Waals surface area contributed by atoms with Crippen molar-refractivity contribution in [3.8, 4) is 11.8 Å². The molecule has 98 valence electrons. The molecule has 3 rings (SSSR count). The highest BCUT2D eigenvalue weighted by Gasteiger charge is 2.15. The molecule has 20 heavy (non-hydrogen) atoms. The summed E-state index contributed by atoms with van der Waals surface area (Å²) in [5.41, 5.74) is 7.41. The van der Waals surface area contributed by atoms with E-state index in [1.807, 2.05) is 6.07 Å². The number of anilines is 1.